The minimum absolute atomic E-state index is 0.0436. The van der Waals surface area contributed by atoms with Gasteiger partial charge in [-0.25, -0.2) is 4.98 Å². The van der Waals surface area contributed by atoms with Crippen LogP contribution in [0.15, 0.2) is 53.9 Å². The van der Waals surface area contributed by atoms with E-state index in [1.54, 1.807) is 42.0 Å². The highest BCUT2D eigenvalue weighted by Crippen LogP contribution is 2.24. The quantitative estimate of drug-likeness (QED) is 0.290. The van der Waals surface area contributed by atoms with E-state index in [4.69, 9.17) is 0 Å². The van der Waals surface area contributed by atoms with Crippen LogP contribution in [0, 0.1) is 30.9 Å². The van der Waals surface area contributed by atoms with Crippen molar-refractivity contribution in [3.05, 3.63) is 97.8 Å². The van der Waals surface area contributed by atoms with Gasteiger partial charge >= 0.3 is 5.69 Å². The number of hydrogen-bond acceptors (Lipinski definition) is 6. The molecule has 0 radical (unpaired) electrons. The van der Waals surface area contributed by atoms with Gasteiger partial charge in [0.05, 0.1) is 17.2 Å². The molecule has 2 aromatic carbocycles. The third kappa shape index (κ3) is 5.20. The van der Waals surface area contributed by atoms with Crippen molar-refractivity contribution in [1.29, 1.82) is 0 Å². The van der Waals surface area contributed by atoms with Gasteiger partial charge in [-0.2, -0.15) is 5.10 Å². The zero-order valence-electron chi connectivity index (χ0n) is 19.2. The number of rotatable bonds is 8. The van der Waals surface area contributed by atoms with Gasteiger partial charge in [-0.05, 0) is 38.5 Å². The number of aromatic nitrogens is 3. The Morgan fingerprint density at radius 1 is 1.09 bits per heavy atom. The van der Waals surface area contributed by atoms with Crippen LogP contribution in [0.2, 0.25) is 0 Å². The van der Waals surface area contributed by atoms with E-state index in [9.17, 15) is 14.9 Å². The van der Waals surface area contributed by atoms with Crippen molar-refractivity contribution < 1.29 is 9.72 Å². The highest BCUT2D eigenvalue weighted by atomic mass is 32.1. The maximum atomic E-state index is 12.5. The molecule has 0 aliphatic carbocycles. The molecule has 34 heavy (non-hydrogen) atoms. The van der Waals surface area contributed by atoms with Gasteiger partial charge in [0.15, 0.2) is 0 Å². The van der Waals surface area contributed by atoms with Gasteiger partial charge in [-0.1, -0.05) is 42.0 Å². The Kier molecular flexibility index (Phi) is 6.83. The minimum atomic E-state index is -0.406. The average Bonchev–Trinajstić information content (AvgIpc) is 3.38. The van der Waals surface area contributed by atoms with E-state index in [0.717, 1.165) is 21.8 Å². The van der Waals surface area contributed by atoms with E-state index in [2.05, 4.69) is 46.6 Å². The summed E-state index contributed by atoms with van der Waals surface area (Å²) in [6, 6.07) is 15.5. The van der Waals surface area contributed by atoms with E-state index in [0.29, 0.717) is 36.5 Å². The molecular formula is C25H25N5O3S. The molecule has 0 bridgehead atoms. The number of amides is 1. The molecule has 0 fully saturated rings. The Morgan fingerprint density at radius 2 is 1.79 bits per heavy atom. The highest BCUT2D eigenvalue weighted by Gasteiger charge is 2.21. The van der Waals surface area contributed by atoms with Crippen LogP contribution < -0.4 is 5.32 Å². The van der Waals surface area contributed by atoms with Crippen molar-refractivity contribution in [3.63, 3.8) is 0 Å². The topological polar surface area (TPSA) is 103 Å². The first-order valence-corrected chi connectivity index (χ1v) is 11.8. The van der Waals surface area contributed by atoms with Crippen molar-refractivity contribution in [2.45, 2.75) is 33.7 Å². The first kappa shape index (κ1) is 23.3. The van der Waals surface area contributed by atoms with E-state index >= 15 is 0 Å². The number of nitrogens with zero attached hydrogens (tertiary/aromatic N) is 4. The fourth-order valence-corrected chi connectivity index (χ4v) is 4.56. The van der Waals surface area contributed by atoms with Gasteiger partial charge in [0.1, 0.15) is 16.4 Å². The van der Waals surface area contributed by atoms with Gasteiger partial charge in [0.25, 0.3) is 5.91 Å². The second kappa shape index (κ2) is 9.96. The van der Waals surface area contributed by atoms with Crippen LogP contribution in [0.3, 0.4) is 0 Å². The lowest BCUT2D eigenvalue weighted by atomic mass is 10.1. The predicted molar refractivity (Wildman–Crippen MR) is 132 cm³/mol. The lowest BCUT2D eigenvalue weighted by Gasteiger charge is -2.07. The first-order chi connectivity index (χ1) is 16.3. The number of nitro groups is 1. The Balaban J connectivity index is 1.31. The molecule has 2 heterocycles. The summed E-state index contributed by atoms with van der Waals surface area (Å²) in [6.07, 6.45) is 0.656. The summed E-state index contributed by atoms with van der Waals surface area (Å²) in [4.78, 5) is 28.0. The molecule has 4 aromatic rings. The zero-order chi connectivity index (χ0) is 24.2. The van der Waals surface area contributed by atoms with Crippen molar-refractivity contribution in [2.24, 2.45) is 0 Å². The largest absolute Gasteiger partial charge is 0.352 e. The maximum absolute atomic E-state index is 12.5. The smallest absolute Gasteiger partial charge is 0.312 e. The summed E-state index contributed by atoms with van der Waals surface area (Å²) in [5, 5.41) is 21.4. The summed E-state index contributed by atoms with van der Waals surface area (Å²) in [7, 11) is 0. The summed E-state index contributed by atoms with van der Waals surface area (Å²) in [6.45, 7) is 6.27. The van der Waals surface area contributed by atoms with Crippen LogP contribution in [0.25, 0.3) is 10.6 Å². The molecule has 8 nitrogen and oxygen atoms in total. The summed E-state index contributed by atoms with van der Waals surface area (Å²) >= 11 is 1.60. The summed E-state index contributed by atoms with van der Waals surface area (Å²) < 4.78 is 1.61. The van der Waals surface area contributed by atoms with Gasteiger partial charge in [0, 0.05) is 29.5 Å². The fourth-order valence-electron chi connectivity index (χ4n) is 3.70. The molecule has 0 aliphatic rings. The van der Waals surface area contributed by atoms with Gasteiger partial charge < -0.3 is 5.32 Å². The third-order valence-corrected chi connectivity index (χ3v) is 6.53. The number of carbonyl (C=O) groups is 1. The Hall–Kier alpha value is -3.85. The number of hydrogen-bond donors (Lipinski definition) is 1. The number of carbonyl (C=O) groups excluding carboxylic acids is 1. The lowest BCUT2D eigenvalue weighted by molar-refractivity contribution is -0.386. The second-order valence-corrected chi connectivity index (χ2v) is 9.01. The van der Waals surface area contributed by atoms with Crippen LogP contribution in [-0.4, -0.2) is 32.1 Å². The number of aryl methyl sites for hydroxylation is 2. The molecule has 0 saturated carbocycles. The molecule has 0 aliphatic heterocycles. The summed E-state index contributed by atoms with van der Waals surface area (Å²) in [5.74, 6) is -0.151. The van der Waals surface area contributed by atoms with Gasteiger partial charge in [-0.3, -0.25) is 19.6 Å². The average molecular weight is 476 g/mol. The molecule has 0 unspecified atom stereocenters. The number of nitrogens with one attached hydrogen (secondary N) is 1. The third-order valence-electron chi connectivity index (χ3n) is 5.59. The Morgan fingerprint density at radius 3 is 2.44 bits per heavy atom. The second-order valence-electron chi connectivity index (χ2n) is 8.15. The standard InChI is InChI=1S/C25H25N5O3S/c1-16-4-8-21(9-5-16)25-27-22(15-34-25)12-13-26-24(31)20-10-6-19(7-11-20)14-29-18(3)23(30(32)33)17(2)28-29/h4-11,15H,12-14H2,1-3H3,(H,26,31). The molecule has 174 valence electrons. The molecule has 0 saturated heterocycles. The van der Waals surface area contributed by atoms with E-state index in [1.807, 2.05) is 17.5 Å². The van der Waals surface area contributed by atoms with Crippen LogP contribution in [0.1, 0.15) is 38.6 Å². The van der Waals surface area contributed by atoms with Crippen LogP contribution in [-0.2, 0) is 13.0 Å². The van der Waals surface area contributed by atoms with Gasteiger partial charge in [-0.15, -0.1) is 11.3 Å². The molecule has 0 atom stereocenters. The molecular weight excluding hydrogens is 450 g/mol. The van der Waals surface area contributed by atoms with Crippen molar-refractivity contribution >= 4 is 22.9 Å². The van der Waals surface area contributed by atoms with Crippen LogP contribution in [0.4, 0.5) is 5.69 Å². The molecule has 0 spiro atoms. The summed E-state index contributed by atoms with van der Waals surface area (Å²) in [5.41, 5.74) is 5.68. The van der Waals surface area contributed by atoms with Crippen molar-refractivity contribution in [2.75, 3.05) is 6.54 Å². The number of thiazole rings is 1. The highest BCUT2D eigenvalue weighted by molar-refractivity contribution is 7.13. The van der Waals surface area contributed by atoms with Crippen LogP contribution >= 0.6 is 11.3 Å². The van der Waals surface area contributed by atoms with Crippen molar-refractivity contribution in [3.8, 4) is 10.6 Å². The molecule has 9 heteroatoms. The maximum Gasteiger partial charge on any atom is 0.312 e. The van der Waals surface area contributed by atoms with Gasteiger partial charge in [0.2, 0.25) is 0 Å². The van der Waals surface area contributed by atoms with E-state index in [1.165, 1.54) is 5.56 Å². The molecule has 2 aromatic heterocycles. The Bertz CT molecular complexity index is 1320. The Labute approximate surface area is 201 Å². The molecule has 1 N–H and O–H groups in total. The normalized spacial score (nSPS) is 10.9. The zero-order valence-corrected chi connectivity index (χ0v) is 20.1. The minimum Gasteiger partial charge on any atom is -0.352 e. The van der Waals surface area contributed by atoms with Crippen LogP contribution in [0.5, 0.6) is 0 Å². The predicted octanol–water partition coefficient (Wildman–Crippen LogP) is 4.86. The lowest BCUT2D eigenvalue weighted by Crippen LogP contribution is -2.25. The fraction of sp³-hybridized carbons (Fsp3) is 0.240. The number of benzene rings is 2. The van der Waals surface area contributed by atoms with Crippen molar-refractivity contribution in [1.82, 2.24) is 20.1 Å². The SMILES string of the molecule is Cc1ccc(-c2nc(CCNC(=O)c3ccc(Cn4nc(C)c([N+](=O)[O-])c4C)cc3)cs2)cc1. The molecule has 4 rings (SSSR count). The van der Waals surface area contributed by atoms with E-state index in [-0.39, 0.29) is 11.6 Å². The molecule has 1 amide bonds. The van der Waals surface area contributed by atoms with E-state index < -0.39 is 4.92 Å². The monoisotopic (exact) mass is 475 g/mol. The first-order valence-electron chi connectivity index (χ1n) is 10.9.